The maximum Gasteiger partial charge on any atom is 0.286 e. The van der Waals surface area contributed by atoms with Crippen molar-refractivity contribution < 1.29 is 14.4 Å². The third-order valence-corrected chi connectivity index (χ3v) is 8.06. The molecule has 36 heavy (non-hydrogen) atoms. The molecular formula is C26H36N6O3S. The van der Waals surface area contributed by atoms with Gasteiger partial charge < -0.3 is 15.5 Å². The Morgan fingerprint density at radius 3 is 2.44 bits per heavy atom. The Morgan fingerprint density at radius 2 is 1.72 bits per heavy atom. The Kier molecular flexibility index (Phi) is 9.03. The number of anilines is 1. The molecule has 0 saturated carbocycles. The molecule has 2 saturated heterocycles. The second-order valence-corrected chi connectivity index (χ2v) is 10.9. The number of hydrogen-bond acceptors (Lipinski definition) is 7. The molecule has 0 unspecified atom stereocenters. The van der Waals surface area contributed by atoms with Crippen molar-refractivity contribution in [2.24, 2.45) is 5.92 Å². The molecule has 9 nitrogen and oxygen atoms in total. The number of carbonyl (C=O) groups is 3. The van der Waals surface area contributed by atoms with Crippen LogP contribution in [0.2, 0.25) is 0 Å². The summed E-state index contributed by atoms with van der Waals surface area (Å²) in [5, 5.41) is 14.1. The minimum absolute atomic E-state index is 0.0952. The molecule has 10 heteroatoms. The van der Waals surface area contributed by atoms with E-state index in [-0.39, 0.29) is 33.7 Å². The van der Waals surface area contributed by atoms with Gasteiger partial charge in [-0.15, -0.1) is 10.2 Å². The molecule has 0 spiro atoms. The van der Waals surface area contributed by atoms with Gasteiger partial charge in [0.25, 0.3) is 11.8 Å². The highest BCUT2D eigenvalue weighted by molar-refractivity contribution is 7.15. The number of aromatic nitrogens is 2. The van der Waals surface area contributed by atoms with Crippen molar-refractivity contribution in [3.05, 3.63) is 39.8 Å². The fraction of sp³-hybridized carbons (Fsp3) is 0.577. The summed E-state index contributed by atoms with van der Waals surface area (Å²) in [5.74, 6) is -0.221. The van der Waals surface area contributed by atoms with Crippen molar-refractivity contribution in [1.29, 1.82) is 0 Å². The van der Waals surface area contributed by atoms with Crippen molar-refractivity contribution in [3.8, 4) is 0 Å². The SMILES string of the molecule is Cc1ccc(NC(=O)c2nnc(C(=O)N3CCC(CC(=O)NCCN4CCCC[C@H]4C)CC3)s2)cc1. The Morgan fingerprint density at radius 1 is 1.00 bits per heavy atom. The molecule has 2 aromatic rings. The summed E-state index contributed by atoms with van der Waals surface area (Å²) in [4.78, 5) is 42.0. The number of nitrogens with one attached hydrogen (secondary N) is 2. The molecule has 0 bridgehead atoms. The summed E-state index contributed by atoms with van der Waals surface area (Å²) in [7, 11) is 0. The molecule has 3 heterocycles. The molecule has 0 radical (unpaired) electrons. The van der Waals surface area contributed by atoms with E-state index in [1.54, 1.807) is 4.90 Å². The van der Waals surface area contributed by atoms with E-state index in [2.05, 4.69) is 32.7 Å². The molecule has 1 aromatic carbocycles. The van der Waals surface area contributed by atoms with Crippen LogP contribution in [0.5, 0.6) is 0 Å². The first-order valence-electron chi connectivity index (χ1n) is 12.9. The number of carbonyl (C=O) groups excluding carboxylic acids is 3. The lowest BCUT2D eigenvalue weighted by Crippen LogP contribution is -2.43. The number of hydrogen-bond donors (Lipinski definition) is 2. The lowest BCUT2D eigenvalue weighted by Gasteiger charge is -2.33. The third kappa shape index (κ3) is 7.10. The van der Waals surface area contributed by atoms with Gasteiger partial charge in [0.15, 0.2) is 0 Å². The van der Waals surface area contributed by atoms with Gasteiger partial charge >= 0.3 is 0 Å². The van der Waals surface area contributed by atoms with E-state index in [0.29, 0.717) is 37.8 Å². The Labute approximate surface area is 216 Å². The number of aryl methyl sites for hydroxylation is 1. The second kappa shape index (κ2) is 12.4. The Bertz CT molecular complexity index is 1050. The number of piperidine rings is 2. The summed E-state index contributed by atoms with van der Waals surface area (Å²) in [6.07, 6.45) is 5.84. The third-order valence-electron chi connectivity index (χ3n) is 7.15. The van der Waals surface area contributed by atoms with Crippen LogP contribution >= 0.6 is 11.3 Å². The van der Waals surface area contributed by atoms with Gasteiger partial charge in [-0.2, -0.15) is 0 Å². The van der Waals surface area contributed by atoms with E-state index >= 15 is 0 Å². The predicted octanol–water partition coefficient (Wildman–Crippen LogP) is 3.33. The average molecular weight is 513 g/mol. The van der Waals surface area contributed by atoms with Crippen LogP contribution in [0, 0.1) is 12.8 Å². The molecule has 2 N–H and O–H groups in total. The maximum atomic E-state index is 12.9. The highest BCUT2D eigenvalue weighted by Crippen LogP contribution is 2.23. The smallest absolute Gasteiger partial charge is 0.286 e. The van der Waals surface area contributed by atoms with Gasteiger partial charge in [-0.1, -0.05) is 35.5 Å². The molecule has 2 aliphatic heterocycles. The largest absolute Gasteiger partial charge is 0.355 e. The van der Waals surface area contributed by atoms with Gasteiger partial charge in [-0.3, -0.25) is 19.3 Å². The summed E-state index contributed by atoms with van der Waals surface area (Å²) >= 11 is 1.00. The first kappa shape index (κ1) is 26.2. The predicted molar refractivity (Wildman–Crippen MR) is 140 cm³/mol. The monoisotopic (exact) mass is 512 g/mol. The molecule has 4 rings (SSSR count). The number of rotatable bonds is 8. The van der Waals surface area contributed by atoms with Crippen LogP contribution < -0.4 is 10.6 Å². The summed E-state index contributed by atoms with van der Waals surface area (Å²) < 4.78 is 0. The van der Waals surface area contributed by atoms with Gasteiger partial charge in [-0.25, -0.2) is 0 Å². The van der Waals surface area contributed by atoms with E-state index in [4.69, 9.17) is 0 Å². The lowest BCUT2D eigenvalue weighted by molar-refractivity contribution is -0.122. The summed E-state index contributed by atoms with van der Waals surface area (Å²) in [6.45, 7) is 8.11. The average Bonchev–Trinajstić information content (AvgIpc) is 3.37. The van der Waals surface area contributed by atoms with Crippen LogP contribution in [0.4, 0.5) is 5.69 Å². The van der Waals surface area contributed by atoms with Gasteiger partial charge in [0.2, 0.25) is 15.9 Å². The number of likely N-dealkylation sites (tertiary alicyclic amines) is 2. The highest BCUT2D eigenvalue weighted by Gasteiger charge is 2.28. The topological polar surface area (TPSA) is 108 Å². The Balaban J connectivity index is 1.18. The van der Waals surface area contributed by atoms with Gasteiger partial charge in [0, 0.05) is 44.3 Å². The molecule has 1 aromatic heterocycles. The zero-order valence-corrected chi connectivity index (χ0v) is 22.0. The fourth-order valence-corrected chi connectivity index (χ4v) is 5.57. The molecule has 2 aliphatic rings. The second-order valence-electron chi connectivity index (χ2n) is 9.90. The quantitative estimate of drug-likeness (QED) is 0.562. The van der Waals surface area contributed by atoms with E-state index < -0.39 is 0 Å². The van der Waals surface area contributed by atoms with Crippen LogP contribution in [0.15, 0.2) is 24.3 Å². The molecule has 3 amide bonds. The van der Waals surface area contributed by atoms with Crippen molar-refractivity contribution in [1.82, 2.24) is 25.3 Å². The van der Waals surface area contributed by atoms with E-state index in [1.165, 1.54) is 19.3 Å². The molecule has 1 atom stereocenters. The number of nitrogens with zero attached hydrogens (tertiary/aromatic N) is 4. The van der Waals surface area contributed by atoms with Gasteiger partial charge in [0.05, 0.1) is 0 Å². The zero-order valence-electron chi connectivity index (χ0n) is 21.2. The minimum atomic E-state index is -0.380. The van der Waals surface area contributed by atoms with Crippen molar-refractivity contribution in [2.75, 3.05) is 38.0 Å². The van der Waals surface area contributed by atoms with Crippen LogP contribution in [0.1, 0.15) is 70.6 Å². The normalized spacial score (nSPS) is 19.2. The van der Waals surface area contributed by atoms with Crippen LogP contribution in [-0.2, 0) is 4.79 Å². The van der Waals surface area contributed by atoms with Crippen molar-refractivity contribution in [2.45, 2.75) is 58.4 Å². The molecule has 0 aliphatic carbocycles. The zero-order chi connectivity index (χ0) is 25.5. The van der Waals surface area contributed by atoms with E-state index in [0.717, 1.165) is 42.8 Å². The van der Waals surface area contributed by atoms with E-state index in [1.807, 2.05) is 31.2 Å². The van der Waals surface area contributed by atoms with Crippen LogP contribution in [-0.4, -0.2) is 76.5 Å². The lowest BCUT2D eigenvalue weighted by atomic mass is 9.93. The highest BCUT2D eigenvalue weighted by atomic mass is 32.1. The first-order chi connectivity index (χ1) is 17.4. The number of benzene rings is 1. The van der Waals surface area contributed by atoms with Crippen LogP contribution in [0.25, 0.3) is 0 Å². The Hall–Kier alpha value is -2.85. The van der Waals surface area contributed by atoms with Gasteiger partial charge in [0.1, 0.15) is 0 Å². The fourth-order valence-electron chi connectivity index (χ4n) is 4.86. The number of amides is 3. The summed E-state index contributed by atoms with van der Waals surface area (Å²) in [5.41, 5.74) is 1.77. The standard InChI is InChI=1S/C26H36N6O3S/c1-18-6-8-21(9-7-18)28-23(34)24-29-30-25(36-24)26(35)32-14-10-20(11-15-32)17-22(33)27-12-16-31-13-4-3-5-19(31)2/h6-9,19-20H,3-5,10-17H2,1-2H3,(H,27,33)(H,28,34)/t19-/m1/s1. The first-order valence-corrected chi connectivity index (χ1v) is 13.7. The molecule has 2 fully saturated rings. The van der Waals surface area contributed by atoms with E-state index in [9.17, 15) is 14.4 Å². The van der Waals surface area contributed by atoms with Crippen LogP contribution in [0.3, 0.4) is 0 Å². The maximum absolute atomic E-state index is 12.9. The van der Waals surface area contributed by atoms with Gasteiger partial charge in [-0.05, 0) is 64.1 Å². The van der Waals surface area contributed by atoms with Crippen molar-refractivity contribution >= 4 is 34.7 Å². The molecular weight excluding hydrogens is 476 g/mol. The summed E-state index contributed by atoms with van der Waals surface area (Å²) in [6, 6.07) is 8.06. The van der Waals surface area contributed by atoms with Crippen molar-refractivity contribution in [3.63, 3.8) is 0 Å². The molecule has 194 valence electrons. The minimum Gasteiger partial charge on any atom is -0.355 e.